The van der Waals surface area contributed by atoms with Crippen LogP contribution in [0.4, 0.5) is 0 Å². The highest BCUT2D eigenvalue weighted by Gasteiger charge is 2.22. The fourth-order valence-corrected chi connectivity index (χ4v) is 0.992. The van der Waals surface area contributed by atoms with Gasteiger partial charge < -0.3 is 15.4 Å². The maximum absolute atomic E-state index is 11.5. The molecule has 2 N–H and O–H groups in total. The summed E-state index contributed by atoms with van der Waals surface area (Å²) in [5, 5.41) is 4.87. The molecular weight excluding hydrogens is 184 g/mol. The molecule has 0 aliphatic carbocycles. The molecule has 0 rings (SSSR count). The van der Waals surface area contributed by atoms with Crippen molar-refractivity contribution in [3.8, 4) is 0 Å². The van der Waals surface area contributed by atoms with Gasteiger partial charge in [-0.1, -0.05) is 13.8 Å². The number of amides is 2. The van der Waals surface area contributed by atoms with Crippen LogP contribution < -0.4 is 10.6 Å². The van der Waals surface area contributed by atoms with Crippen LogP contribution in [0.25, 0.3) is 0 Å². The summed E-state index contributed by atoms with van der Waals surface area (Å²) in [4.78, 5) is 32.0. The van der Waals surface area contributed by atoms with E-state index in [1.807, 2.05) is 13.8 Å². The van der Waals surface area contributed by atoms with Crippen LogP contribution in [0.5, 0.6) is 0 Å². The van der Waals surface area contributed by atoms with E-state index in [9.17, 15) is 14.4 Å². The second-order valence-corrected chi connectivity index (χ2v) is 3.44. The number of hydrogen-bond acceptors (Lipinski definition) is 3. The first-order valence-electron chi connectivity index (χ1n) is 4.48. The van der Waals surface area contributed by atoms with Gasteiger partial charge in [0.05, 0.1) is 6.04 Å². The Balaban J connectivity index is 4.28. The van der Waals surface area contributed by atoms with Crippen molar-refractivity contribution < 1.29 is 14.4 Å². The molecule has 5 heteroatoms. The minimum atomic E-state index is -0.588. The zero-order chi connectivity index (χ0) is 11.1. The number of hydrogen-bond donors (Lipinski definition) is 2. The first-order valence-corrected chi connectivity index (χ1v) is 4.48. The van der Waals surface area contributed by atoms with E-state index in [4.69, 9.17) is 0 Å². The lowest BCUT2D eigenvalue weighted by Gasteiger charge is -2.20. The lowest BCUT2D eigenvalue weighted by atomic mass is 10.0. The molecule has 2 amide bonds. The number of nitrogens with one attached hydrogen (secondary N) is 2. The molecule has 0 saturated carbocycles. The largest absolute Gasteiger partial charge is 0.347 e. The Kier molecular flexibility index (Phi) is 5.52. The van der Waals surface area contributed by atoms with Gasteiger partial charge in [0, 0.05) is 0 Å². The van der Waals surface area contributed by atoms with Crippen molar-refractivity contribution in [1.29, 1.82) is 0 Å². The molecule has 0 aromatic heterocycles. The van der Waals surface area contributed by atoms with Gasteiger partial charge in [0.25, 0.3) is 0 Å². The number of carbonyl (C=O) groups excluding carboxylic acids is 3. The van der Waals surface area contributed by atoms with E-state index in [1.165, 1.54) is 0 Å². The van der Waals surface area contributed by atoms with Crippen molar-refractivity contribution in [2.75, 3.05) is 0 Å². The van der Waals surface area contributed by atoms with Crippen LogP contribution in [0.15, 0.2) is 0 Å². The van der Waals surface area contributed by atoms with Crippen molar-refractivity contribution in [2.45, 2.75) is 32.9 Å². The fourth-order valence-electron chi connectivity index (χ4n) is 0.992. The molecule has 5 nitrogen and oxygen atoms in total. The van der Waals surface area contributed by atoms with Crippen molar-refractivity contribution in [3.63, 3.8) is 0 Å². The van der Waals surface area contributed by atoms with Crippen molar-refractivity contribution in [2.24, 2.45) is 5.92 Å². The molecular formula is C9H16N2O3. The molecule has 0 aliphatic heterocycles. The average molecular weight is 200 g/mol. The SMILES string of the molecule is CC(C=O)NC(=O)C(NC=O)C(C)C. The topological polar surface area (TPSA) is 75.3 Å². The van der Waals surface area contributed by atoms with Gasteiger partial charge in [0.2, 0.25) is 12.3 Å². The standard InChI is InChI=1S/C9H16N2O3/c1-6(2)8(10-5-13)9(14)11-7(3)4-12/h4-8H,1-3H3,(H,10,13)(H,11,14). The lowest BCUT2D eigenvalue weighted by molar-refractivity contribution is -0.128. The second-order valence-electron chi connectivity index (χ2n) is 3.44. The molecule has 2 atom stereocenters. The molecule has 80 valence electrons. The number of carbonyl (C=O) groups is 3. The van der Waals surface area contributed by atoms with E-state index in [0.717, 1.165) is 0 Å². The highest BCUT2D eigenvalue weighted by atomic mass is 16.2. The predicted octanol–water partition coefficient (Wildman–Crippen LogP) is -0.539. The highest BCUT2D eigenvalue weighted by molar-refractivity contribution is 5.86. The van der Waals surface area contributed by atoms with Gasteiger partial charge in [-0.3, -0.25) is 9.59 Å². The van der Waals surface area contributed by atoms with E-state index in [2.05, 4.69) is 10.6 Å². The maximum Gasteiger partial charge on any atom is 0.243 e. The quantitative estimate of drug-likeness (QED) is 0.565. The Morgan fingerprint density at radius 2 is 1.79 bits per heavy atom. The van der Waals surface area contributed by atoms with Crippen LogP contribution in [-0.4, -0.2) is 30.7 Å². The lowest BCUT2D eigenvalue weighted by Crippen LogP contribution is -2.49. The summed E-state index contributed by atoms with van der Waals surface area (Å²) in [6, 6.07) is -1.12. The molecule has 0 fully saturated rings. The van der Waals surface area contributed by atoms with Gasteiger partial charge in [0.1, 0.15) is 12.3 Å². The Hall–Kier alpha value is -1.39. The van der Waals surface area contributed by atoms with Gasteiger partial charge in [-0.05, 0) is 12.8 Å². The zero-order valence-corrected chi connectivity index (χ0v) is 8.61. The Morgan fingerprint density at radius 3 is 2.14 bits per heavy atom. The molecule has 0 aliphatic rings. The maximum atomic E-state index is 11.5. The average Bonchev–Trinajstić information content (AvgIpc) is 2.13. The van der Waals surface area contributed by atoms with Crippen LogP contribution in [0, 0.1) is 5.92 Å². The molecule has 2 unspecified atom stereocenters. The summed E-state index contributed by atoms with van der Waals surface area (Å²) in [5.41, 5.74) is 0. The van der Waals surface area contributed by atoms with Crippen LogP contribution in [-0.2, 0) is 14.4 Å². The van der Waals surface area contributed by atoms with E-state index in [0.29, 0.717) is 12.7 Å². The Labute approximate surface area is 83.2 Å². The molecule has 0 radical (unpaired) electrons. The third kappa shape index (κ3) is 4.02. The van der Waals surface area contributed by atoms with Gasteiger partial charge in [0.15, 0.2) is 0 Å². The Morgan fingerprint density at radius 1 is 1.21 bits per heavy atom. The predicted molar refractivity (Wildman–Crippen MR) is 51.5 cm³/mol. The molecule has 0 spiro atoms. The van der Waals surface area contributed by atoms with Crippen molar-refractivity contribution in [3.05, 3.63) is 0 Å². The zero-order valence-electron chi connectivity index (χ0n) is 8.61. The monoisotopic (exact) mass is 200 g/mol. The normalized spacial score (nSPS) is 14.3. The van der Waals surface area contributed by atoms with Gasteiger partial charge in [-0.25, -0.2) is 0 Å². The highest BCUT2D eigenvalue weighted by Crippen LogP contribution is 2.00. The van der Waals surface area contributed by atoms with E-state index in [-0.39, 0.29) is 11.8 Å². The molecule has 0 aromatic rings. The van der Waals surface area contributed by atoms with Crippen LogP contribution in [0.2, 0.25) is 0 Å². The minimum absolute atomic E-state index is 0.0148. The summed E-state index contributed by atoms with van der Waals surface area (Å²) in [7, 11) is 0. The second kappa shape index (κ2) is 6.12. The summed E-state index contributed by atoms with van der Waals surface area (Å²) in [5.74, 6) is -0.356. The Bertz CT molecular complexity index is 216. The summed E-state index contributed by atoms with van der Waals surface area (Å²) in [6.07, 6.45) is 1.12. The van der Waals surface area contributed by atoms with Crippen molar-refractivity contribution in [1.82, 2.24) is 10.6 Å². The summed E-state index contributed by atoms with van der Waals surface area (Å²) < 4.78 is 0. The van der Waals surface area contributed by atoms with Gasteiger partial charge >= 0.3 is 0 Å². The minimum Gasteiger partial charge on any atom is -0.347 e. The molecule has 0 bridgehead atoms. The fraction of sp³-hybridized carbons (Fsp3) is 0.667. The molecule has 0 saturated heterocycles. The van der Waals surface area contributed by atoms with Crippen LogP contribution in [0.1, 0.15) is 20.8 Å². The van der Waals surface area contributed by atoms with Crippen molar-refractivity contribution >= 4 is 18.6 Å². The van der Waals surface area contributed by atoms with E-state index >= 15 is 0 Å². The number of rotatable bonds is 6. The smallest absolute Gasteiger partial charge is 0.243 e. The van der Waals surface area contributed by atoms with Crippen LogP contribution in [0.3, 0.4) is 0 Å². The van der Waals surface area contributed by atoms with E-state index in [1.54, 1.807) is 6.92 Å². The molecule has 0 aromatic carbocycles. The molecule has 14 heavy (non-hydrogen) atoms. The van der Waals surface area contributed by atoms with Gasteiger partial charge in [-0.15, -0.1) is 0 Å². The third-order valence-electron chi connectivity index (χ3n) is 1.77. The van der Waals surface area contributed by atoms with Gasteiger partial charge in [-0.2, -0.15) is 0 Å². The molecule has 0 heterocycles. The summed E-state index contributed by atoms with van der Waals surface area (Å²) >= 11 is 0. The first kappa shape index (κ1) is 12.6. The summed E-state index contributed by atoms with van der Waals surface area (Å²) in [6.45, 7) is 5.20. The van der Waals surface area contributed by atoms with E-state index < -0.39 is 12.1 Å². The van der Waals surface area contributed by atoms with Crippen LogP contribution >= 0.6 is 0 Å². The number of aldehydes is 1. The first-order chi connectivity index (χ1) is 6.52. The third-order valence-corrected chi connectivity index (χ3v) is 1.77.